The number of hydrogen-bond donors (Lipinski definition) is 2. The quantitative estimate of drug-likeness (QED) is 0.875. The predicted octanol–water partition coefficient (Wildman–Crippen LogP) is 1.49. The summed E-state index contributed by atoms with van der Waals surface area (Å²) in [4.78, 5) is 0. The van der Waals surface area contributed by atoms with Crippen molar-refractivity contribution in [3.63, 3.8) is 0 Å². The van der Waals surface area contributed by atoms with E-state index in [9.17, 15) is 5.11 Å². The van der Waals surface area contributed by atoms with Gasteiger partial charge in [0.15, 0.2) is 0 Å². The fraction of sp³-hybridized carbons (Fsp3) is 0.400. The van der Waals surface area contributed by atoms with E-state index in [0.717, 1.165) is 0 Å². The molecule has 0 spiro atoms. The molecule has 1 aromatic carbocycles. The Morgan fingerprint density at radius 2 is 1.73 bits per heavy atom. The predicted molar refractivity (Wildman–Crippen MR) is 59.3 cm³/mol. The molecular weight excluding hydrogens is 264 g/mol. The van der Waals surface area contributed by atoms with Crippen molar-refractivity contribution in [3.8, 4) is 11.5 Å². The normalized spacial score (nSPS) is 12.3. The number of rotatable bonds is 4. The monoisotopic (exact) mass is 276 g/mol. The van der Waals surface area contributed by atoms with Crippen LogP contribution in [0.15, 0.2) is 16.6 Å². The van der Waals surface area contributed by atoms with E-state index in [-0.39, 0.29) is 6.61 Å². The highest BCUT2D eigenvalue weighted by Crippen LogP contribution is 2.37. The van der Waals surface area contributed by atoms with Crippen molar-refractivity contribution in [2.45, 2.75) is 6.10 Å². The lowest BCUT2D eigenvalue weighted by Crippen LogP contribution is -2.03. The Morgan fingerprint density at radius 1 is 1.27 bits per heavy atom. The number of ether oxygens (including phenoxy) is 2. The Hall–Kier alpha value is -0.780. The molecule has 0 bridgehead atoms. The van der Waals surface area contributed by atoms with E-state index in [2.05, 4.69) is 15.9 Å². The second kappa shape index (κ2) is 5.34. The highest BCUT2D eigenvalue weighted by Gasteiger charge is 2.14. The third-order valence-corrected chi connectivity index (χ3v) is 2.81. The molecule has 0 aliphatic heterocycles. The second-order valence-corrected chi connectivity index (χ2v) is 3.73. The van der Waals surface area contributed by atoms with Gasteiger partial charge >= 0.3 is 0 Å². The van der Waals surface area contributed by atoms with Gasteiger partial charge in [-0.3, -0.25) is 0 Å². The first-order valence-corrected chi connectivity index (χ1v) is 5.13. The van der Waals surface area contributed by atoms with Crippen molar-refractivity contribution in [1.82, 2.24) is 0 Å². The molecule has 0 amide bonds. The Balaban J connectivity index is 3.20. The van der Waals surface area contributed by atoms with Crippen LogP contribution in [0.5, 0.6) is 11.5 Å². The van der Waals surface area contributed by atoms with Crippen LogP contribution in [-0.2, 0) is 0 Å². The van der Waals surface area contributed by atoms with Gasteiger partial charge in [-0.05, 0) is 33.6 Å². The van der Waals surface area contributed by atoms with Gasteiger partial charge in [-0.2, -0.15) is 0 Å². The highest BCUT2D eigenvalue weighted by atomic mass is 79.9. The van der Waals surface area contributed by atoms with Crippen LogP contribution in [0.3, 0.4) is 0 Å². The minimum absolute atomic E-state index is 0.339. The first kappa shape index (κ1) is 12.3. The molecule has 1 atom stereocenters. The van der Waals surface area contributed by atoms with Gasteiger partial charge in [-0.15, -0.1) is 0 Å². The fourth-order valence-corrected chi connectivity index (χ4v) is 1.74. The van der Waals surface area contributed by atoms with E-state index in [1.165, 1.54) is 14.2 Å². The maximum atomic E-state index is 9.48. The fourth-order valence-electron chi connectivity index (χ4n) is 1.19. The SMILES string of the molecule is COc1cc(C(O)CO)cc(OC)c1Br. The van der Waals surface area contributed by atoms with E-state index in [4.69, 9.17) is 14.6 Å². The van der Waals surface area contributed by atoms with Gasteiger partial charge in [0.25, 0.3) is 0 Å². The van der Waals surface area contributed by atoms with E-state index in [1.54, 1.807) is 12.1 Å². The molecule has 0 aromatic heterocycles. The molecule has 1 rings (SSSR count). The molecule has 0 aliphatic carbocycles. The van der Waals surface area contributed by atoms with Crippen LogP contribution in [0, 0.1) is 0 Å². The molecule has 0 radical (unpaired) electrons. The summed E-state index contributed by atoms with van der Waals surface area (Å²) in [6.07, 6.45) is -0.930. The summed E-state index contributed by atoms with van der Waals surface area (Å²) in [5, 5.41) is 18.3. The summed E-state index contributed by atoms with van der Waals surface area (Å²) in [6, 6.07) is 3.29. The Kier molecular flexibility index (Phi) is 4.38. The summed E-state index contributed by atoms with van der Waals surface area (Å²) < 4.78 is 10.9. The zero-order valence-corrected chi connectivity index (χ0v) is 10.1. The van der Waals surface area contributed by atoms with Crippen LogP contribution in [-0.4, -0.2) is 31.0 Å². The van der Waals surface area contributed by atoms with E-state index >= 15 is 0 Å². The molecule has 84 valence electrons. The molecule has 4 nitrogen and oxygen atoms in total. The average Bonchev–Trinajstić information content (AvgIpc) is 2.28. The van der Waals surface area contributed by atoms with Crippen LogP contribution in [0.1, 0.15) is 11.7 Å². The number of aliphatic hydroxyl groups excluding tert-OH is 2. The van der Waals surface area contributed by atoms with Gasteiger partial charge in [-0.25, -0.2) is 0 Å². The minimum atomic E-state index is -0.930. The van der Waals surface area contributed by atoms with Crippen molar-refractivity contribution in [2.24, 2.45) is 0 Å². The van der Waals surface area contributed by atoms with Gasteiger partial charge < -0.3 is 19.7 Å². The minimum Gasteiger partial charge on any atom is -0.495 e. The van der Waals surface area contributed by atoms with Crippen LogP contribution < -0.4 is 9.47 Å². The summed E-state index contributed by atoms with van der Waals surface area (Å²) in [5.74, 6) is 1.11. The topological polar surface area (TPSA) is 58.9 Å². The lowest BCUT2D eigenvalue weighted by atomic mass is 10.1. The van der Waals surface area contributed by atoms with Gasteiger partial charge in [-0.1, -0.05) is 0 Å². The third kappa shape index (κ3) is 2.62. The number of benzene rings is 1. The van der Waals surface area contributed by atoms with Gasteiger partial charge in [0, 0.05) is 0 Å². The van der Waals surface area contributed by atoms with E-state index in [0.29, 0.717) is 21.5 Å². The third-order valence-electron chi connectivity index (χ3n) is 2.03. The summed E-state index contributed by atoms with van der Waals surface area (Å²) in [7, 11) is 3.04. The van der Waals surface area contributed by atoms with Crippen LogP contribution in [0.4, 0.5) is 0 Å². The number of methoxy groups -OCH3 is 2. The standard InChI is InChI=1S/C10H13BrO4/c1-14-8-3-6(7(13)5-12)4-9(15-2)10(8)11/h3-4,7,12-13H,5H2,1-2H3. The highest BCUT2D eigenvalue weighted by molar-refractivity contribution is 9.10. The van der Waals surface area contributed by atoms with Crippen molar-refractivity contribution in [3.05, 3.63) is 22.2 Å². The van der Waals surface area contributed by atoms with Crippen LogP contribution in [0.2, 0.25) is 0 Å². The molecule has 1 unspecified atom stereocenters. The van der Waals surface area contributed by atoms with E-state index < -0.39 is 6.10 Å². The zero-order chi connectivity index (χ0) is 11.4. The molecule has 0 heterocycles. The number of halogens is 1. The maximum Gasteiger partial charge on any atom is 0.137 e. The van der Waals surface area contributed by atoms with Crippen LogP contribution in [0.25, 0.3) is 0 Å². The molecule has 0 saturated heterocycles. The lowest BCUT2D eigenvalue weighted by molar-refractivity contribution is 0.0952. The Morgan fingerprint density at radius 3 is 2.07 bits per heavy atom. The summed E-state index contributed by atoms with van der Waals surface area (Å²) >= 11 is 3.31. The number of aliphatic hydroxyl groups is 2. The second-order valence-electron chi connectivity index (χ2n) is 2.94. The first-order valence-electron chi connectivity index (χ1n) is 4.34. The lowest BCUT2D eigenvalue weighted by Gasteiger charge is -2.13. The molecule has 1 aromatic rings. The molecule has 0 aliphatic rings. The largest absolute Gasteiger partial charge is 0.495 e. The van der Waals surface area contributed by atoms with Crippen LogP contribution >= 0.6 is 15.9 Å². The van der Waals surface area contributed by atoms with Gasteiger partial charge in [0.1, 0.15) is 22.1 Å². The molecule has 2 N–H and O–H groups in total. The molecule has 5 heteroatoms. The first-order chi connectivity index (χ1) is 7.13. The van der Waals surface area contributed by atoms with Gasteiger partial charge in [0.05, 0.1) is 20.8 Å². The molecule has 0 saturated carbocycles. The van der Waals surface area contributed by atoms with Crippen molar-refractivity contribution in [2.75, 3.05) is 20.8 Å². The number of hydrogen-bond acceptors (Lipinski definition) is 4. The molecule has 15 heavy (non-hydrogen) atoms. The van der Waals surface area contributed by atoms with Crippen molar-refractivity contribution >= 4 is 15.9 Å². The van der Waals surface area contributed by atoms with E-state index in [1.807, 2.05) is 0 Å². The van der Waals surface area contributed by atoms with Crippen molar-refractivity contribution in [1.29, 1.82) is 0 Å². The smallest absolute Gasteiger partial charge is 0.137 e. The average molecular weight is 277 g/mol. The molecular formula is C10H13BrO4. The Bertz CT molecular complexity index is 315. The Labute approximate surface area is 96.6 Å². The summed E-state index contributed by atoms with van der Waals surface area (Å²) in [5.41, 5.74) is 0.550. The zero-order valence-electron chi connectivity index (χ0n) is 8.53. The van der Waals surface area contributed by atoms with Gasteiger partial charge in [0.2, 0.25) is 0 Å². The molecule has 0 fully saturated rings. The summed E-state index contributed by atoms with van der Waals surface area (Å²) in [6.45, 7) is -0.339. The van der Waals surface area contributed by atoms with Crippen molar-refractivity contribution < 1.29 is 19.7 Å². The maximum absolute atomic E-state index is 9.48.